The molecule has 15 heavy (non-hydrogen) atoms. The van der Waals surface area contributed by atoms with Gasteiger partial charge in [-0.1, -0.05) is 30.3 Å². The van der Waals surface area contributed by atoms with Crippen molar-refractivity contribution in [3.8, 4) is 0 Å². The van der Waals surface area contributed by atoms with Crippen molar-refractivity contribution in [3.63, 3.8) is 0 Å². The first-order valence-electron chi connectivity index (χ1n) is 4.99. The lowest BCUT2D eigenvalue weighted by Gasteiger charge is -2.27. The highest BCUT2D eigenvalue weighted by molar-refractivity contribution is 5.17. The number of hydrogen-bond donors (Lipinski definition) is 1. The lowest BCUT2D eigenvalue weighted by Crippen LogP contribution is -2.43. The van der Waals surface area contributed by atoms with Crippen LogP contribution in [0.15, 0.2) is 30.3 Å². The summed E-state index contributed by atoms with van der Waals surface area (Å²) >= 11 is 0. The zero-order valence-electron chi connectivity index (χ0n) is 9.13. The molecule has 84 valence electrons. The van der Waals surface area contributed by atoms with E-state index in [0.717, 1.165) is 12.5 Å². The minimum absolute atomic E-state index is 0.297. The van der Waals surface area contributed by atoms with Crippen LogP contribution in [0, 0.1) is 0 Å². The number of benzene rings is 1. The van der Waals surface area contributed by atoms with Crippen molar-refractivity contribution in [2.24, 2.45) is 5.73 Å². The summed E-state index contributed by atoms with van der Waals surface area (Å²) in [5.74, 6) is -2.71. The highest BCUT2D eigenvalue weighted by atomic mass is 19.3. The third-order valence-corrected chi connectivity index (χ3v) is 2.17. The first-order valence-corrected chi connectivity index (χ1v) is 4.99. The van der Waals surface area contributed by atoms with Crippen LogP contribution in [0.25, 0.3) is 0 Å². The van der Waals surface area contributed by atoms with Gasteiger partial charge in [-0.05, 0) is 25.8 Å². The van der Waals surface area contributed by atoms with Crippen LogP contribution >= 0.6 is 0 Å². The lowest BCUT2D eigenvalue weighted by molar-refractivity contribution is -0.00665. The van der Waals surface area contributed by atoms with Crippen molar-refractivity contribution < 1.29 is 8.78 Å². The Balaban J connectivity index is 2.65. The first-order chi connectivity index (χ1) is 6.79. The molecule has 0 unspecified atom stereocenters. The van der Waals surface area contributed by atoms with Gasteiger partial charge in [0.05, 0.1) is 0 Å². The maximum Gasteiger partial charge on any atom is 0.247 e. The molecule has 0 radical (unpaired) electrons. The molecule has 1 aromatic rings. The average Bonchev–Trinajstić information content (AvgIpc) is 1.99. The zero-order chi connectivity index (χ0) is 11.5. The van der Waals surface area contributed by atoms with E-state index in [1.54, 1.807) is 6.92 Å². The number of nitrogens with two attached hydrogens (primary N) is 1. The Morgan fingerprint density at radius 2 is 1.67 bits per heavy atom. The van der Waals surface area contributed by atoms with Crippen LogP contribution in [-0.4, -0.2) is 11.5 Å². The third kappa shape index (κ3) is 4.88. The van der Waals surface area contributed by atoms with Crippen LogP contribution < -0.4 is 5.73 Å². The van der Waals surface area contributed by atoms with E-state index in [0.29, 0.717) is 6.42 Å². The van der Waals surface area contributed by atoms with E-state index in [1.165, 1.54) is 0 Å². The van der Waals surface area contributed by atoms with Crippen molar-refractivity contribution in [1.82, 2.24) is 0 Å². The summed E-state index contributed by atoms with van der Waals surface area (Å²) in [5.41, 5.74) is 5.99. The highest BCUT2D eigenvalue weighted by Crippen LogP contribution is 2.26. The molecule has 1 nitrogen and oxygen atoms in total. The number of halogens is 2. The van der Waals surface area contributed by atoms with Crippen molar-refractivity contribution in [3.05, 3.63) is 35.9 Å². The van der Waals surface area contributed by atoms with Crippen molar-refractivity contribution >= 4 is 0 Å². The van der Waals surface area contributed by atoms with E-state index in [4.69, 9.17) is 5.73 Å². The Labute approximate surface area is 89.3 Å². The molecule has 1 aromatic carbocycles. The van der Waals surface area contributed by atoms with E-state index in [-0.39, 0.29) is 6.42 Å². The fourth-order valence-electron chi connectivity index (χ4n) is 1.83. The molecule has 0 amide bonds. The predicted octanol–water partition coefficient (Wildman–Crippen LogP) is 2.99. The topological polar surface area (TPSA) is 26.0 Å². The molecule has 0 spiro atoms. The largest absolute Gasteiger partial charge is 0.325 e. The lowest BCUT2D eigenvalue weighted by atomic mass is 9.88. The van der Waals surface area contributed by atoms with Gasteiger partial charge in [-0.25, -0.2) is 8.78 Å². The molecule has 1 rings (SSSR count). The molecule has 0 saturated heterocycles. The summed E-state index contributed by atoms with van der Waals surface area (Å²) < 4.78 is 25.7. The van der Waals surface area contributed by atoms with Gasteiger partial charge >= 0.3 is 0 Å². The second kappa shape index (κ2) is 4.27. The molecular weight excluding hydrogens is 196 g/mol. The van der Waals surface area contributed by atoms with E-state index in [9.17, 15) is 8.78 Å². The summed E-state index contributed by atoms with van der Waals surface area (Å²) in [4.78, 5) is 0. The molecule has 0 bridgehead atoms. The molecule has 1 atom stereocenters. The SMILES string of the molecule is CC(F)(F)C[C@@](C)(N)Cc1ccccc1. The summed E-state index contributed by atoms with van der Waals surface area (Å²) in [6, 6.07) is 9.47. The normalized spacial score (nSPS) is 16.1. The molecule has 2 N–H and O–H groups in total. The predicted molar refractivity (Wildman–Crippen MR) is 58.0 cm³/mol. The molecule has 0 fully saturated rings. The van der Waals surface area contributed by atoms with Gasteiger partial charge in [-0.15, -0.1) is 0 Å². The maximum atomic E-state index is 12.8. The molecule has 3 heteroatoms. The summed E-state index contributed by atoms with van der Waals surface area (Å²) in [6.07, 6.45) is 0.173. The van der Waals surface area contributed by atoms with Gasteiger partial charge in [0.2, 0.25) is 5.92 Å². The molecule has 0 saturated carbocycles. The fourth-order valence-corrected chi connectivity index (χ4v) is 1.83. The number of alkyl halides is 2. The van der Waals surface area contributed by atoms with Gasteiger partial charge in [0, 0.05) is 12.0 Å². The van der Waals surface area contributed by atoms with Gasteiger partial charge < -0.3 is 5.73 Å². The molecule has 0 heterocycles. The standard InChI is InChI=1S/C12H17F2N/c1-11(15,9-12(2,13)14)8-10-6-4-3-5-7-10/h3-7H,8-9,15H2,1-2H3/t11-/m0/s1. The molecule has 0 aliphatic rings. The number of hydrogen-bond acceptors (Lipinski definition) is 1. The Kier molecular flexibility index (Phi) is 3.45. The zero-order valence-corrected chi connectivity index (χ0v) is 9.13. The van der Waals surface area contributed by atoms with Crippen LogP contribution in [0.4, 0.5) is 8.78 Å². The van der Waals surface area contributed by atoms with Crippen LogP contribution in [-0.2, 0) is 6.42 Å². The average molecular weight is 213 g/mol. The number of rotatable bonds is 4. The monoisotopic (exact) mass is 213 g/mol. The van der Waals surface area contributed by atoms with E-state index in [2.05, 4.69) is 0 Å². The van der Waals surface area contributed by atoms with Gasteiger partial charge in [0.25, 0.3) is 0 Å². The molecule has 0 aromatic heterocycles. The first kappa shape index (κ1) is 12.1. The van der Waals surface area contributed by atoms with Gasteiger partial charge in [0.1, 0.15) is 0 Å². The maximum absolute atomic E-state index is 12.8. The smallest absolute Gasteiger partial charge is 0.247 e. The second-order valence-electron chi connectivity index (χ2n) is 4.56. The van der Waals surface area contributed by atoms with E-state index < -0.39 is 11.5 Å². The summed E-state index contributed by atoms with van der Waals surface area (Å²) in [5, 5.41) is 0. The Morgan fingerprint density at radius 1 is 1.13 bits per heavy atom. The van der Waals surface area contributed by atoms with Crippen molar-refractivity contribution in [1.29, 1.82) is 0 Å². The third-order valence-electron chi connectivity index (χ3n) is 2.17. The quantitative estimate of drug-likeness (QED) is 0.817. The van der Waals surface area contributed by atoms with Crippen LogP contribution in [0.5, 0.6) is 0 Å². The van der Waals surface area contributed by atoms with Crippen LogP contribution in [0.1, 0.15) is 25.8 Å². The Bertz CT molecular complexity index is 301. The Morgan fingerprint density at radius 3 is 2.13 bits per heavy atom. The Hall–Kier alpha value is -0.960. The second-order valence-corrected chi connectivity index (χ2v) is 4.56. The minimum atomic E-state index is -2.71. The minimum Gasteiger partial charge on any atom is -0.325 e. The van der Waals surface area contributed by atoms with Gasteiger partial charge in [-0.3, -0.25) is 0 Å². The van der Waals surface area contributed by atoms with Crippen molar-refractivity contribution in [2.45, 2.75) is 38.2 Å². The summed E-state index contributed by atoms with van der Waals surface area (Å²) in [7, 11) is 0. The summed E-state index contributed by atoms with van der Waals surface area (Å²) in [6.45, 7) is 2.57. The molecular formula is C12H17F2N. The van der Waals surface area contributed by atoms with E-state index >= 15 is 0 Å². The van der Waals surface area contributed by atoms with E-state index in [1.807, 2.05) is 30.3 Å². The highest BCUT2D eigenvalue weighted by Gasteiger charge is 2.32. The van der Waals surface area contributed by atoms with Crippen molar-refractivity contribution in [2.75, 3.05) is 0 Å². The molecule has 0 aliphatic heterocycles. The van der Waals surface area contributed by atoms with Gasteiger partial charge in [0.15, 0.2) is 0 Å². The molecule has 0 aliphatic carbocycles. The van der Waals surface area contributed by atoms with Crippen LogP contribution in [0.2, 0.25) is 0 Å². The fraction of sp³-hybridized carbons (Fsp3) is 0.500. The van der Waals surface area contributed by atoms with Gasteiger partial charge in [-0.2, -0.15) is 0 Å². The van der Waals surface area contributed by atoms with Crippen LogP contribution in [0.3, 0.4) is 0 Å².